The van der Waals surface area contributed by atoms with Gasteiger partial charge < -0.3 is 26.6 Å². The van der Waals surface area contributed by atoms with Crippen molar-refractivity contribution < 1.29 is 26.6 Å². The molecule has 0 saturated carbocycles. The molecular formula is C77H108O6Si2. The monoisotopic (exact) mass is 1180 g/mol. The predicted octanol–water partition coefficient (Wildman–Crippen LogP) is 21.3. The van der Waals surface area contributed by atoms with Gasteiger partial charge in [-0.2, -0.15) is 0 Å². The molecule has 3 aliphatic rings. The van der Waals surface area contributed by atoms with Gasteiger partial charge in [-0.05, 0) is 141 Å². The summed E-state index contributed by atoms with van der Waals surface area (Å²) in [7, 11) is -7.18. The molecule has 0 atom stereocenters. The zero-order valence-corrected chi connectivity index (χ0v) is 60.5. The molecule has 1 spiro atoms. The molecule has 0 aliphatic carbocycles. The third kappa shape index (κ3) is 13.2. The summed E-state index contributed by atoms with van der Waals surface area (Å²) in [5, 5.41) is -0.311. The van der Waals surface area contributed by atoms with Crippen molar-refractivity contribution >= 4 is 17.6 Å². The van der Waals surface area contributed by atoms with Gasteiger partial charge in [-0.1, -0.05) is 272 Å². The minimum Gasteiger partial charge on any atom is -0.511 e. The molecule has 0 bridgehead atoms. The fraction of sp³-hybridized carbons (Fsp3) is 0.532. The van der Waals surface area contributed by atoms with E-state index in [1.807, 2.05) is 0 Å². The number of hydrogen-bond acceptors (Lipinski definition) is 6. The summed E-state index contributed by atoms with van der Waals surface area (Å²) in [6.45, 7) is 67.7. The topological polar surface area (TPSA) is 55.4 Å². The van der Waals surface area contributed by atoms with Crippen molar-refractivity contribution in [1.29, 1.82) is 0 Å². The molecular weight excluding hydrogens is 1080 g/mol. The van der Waals surface area contributed by atoms with Gasteiger partial charge in [-0.15, -0.1) is 0 Å². The zero-order valence-electron chi connectivity index (χ0n) is 58.5. The Morgan fingerprint density at radius 2 is 0.388 bits per heavy atom. The lowest BCUT2D eigenvalue weighted by atomic mass is 9.81. The Labute approximate surface area is 518 Å². The van der Waals surface area contributed by atoms with Crippen molar-refractivity contribution in [2.24, 2.45) is 0 Å². The van der Waals surface area contributed by atoms with Gasteiger partial charge in [-0.3, -0.25) is 0 Å². The van der Waals surface area contributed by atoms with Crippen LogP contribution in [-0.4, -0.2) is 17.6 Å². The normalized spacial score (nSPS) is 16.0. The molecule has 9 rings (SSSR count). The van der Waals surface area contributed by atoms with Crippen LogP contribution < -0.4 is 26.6 Å². The molecule has 0 radical (unpaired) electrons. The fourth-order valence-corrected chi connectivity index (χ4v) is 20.0. The zero-order chi connectivity index (χ0) is 63.7. The van der Waals surface area contributed by atoms with E-state index < -0.39 is 17.6 Å². The Bertz CT molecular complexity index is 3180. The van der Waals surface area contributed by atoms with Crippen LogP contribution in [0.2, 0.25) is 10.1 Å². The highest BCUT2D eigenvalue weighted by molar-refractivity contribution is 6.75. The molecule has 6 nitrogen and oxygen atoms in total. The number of benzene rings is 6. The van der Waals surface area contributed by atoms with E-state index in [0.717, 1.165) is 85.4 Å². The van der Waals surface area contributed by atoms with Gasteiger partial charge >= 0.3 is 17.6 Å². The smallest absolute Gasteiger partial charge is 0.511 e. The Morgan fingerprint density at radius 3 is 0.529 bits per heavy atom. The molecule has 460 valence electrons. The number of hydrogen-bond donors (Lipinski definition) is 0. The van der Waals surface area contributed by atoms with Crippen LogP contribution >= 0.6 is 0 Å². The molecule has 0 aromatic heterocycles. The van der Waals surface area contributed by atoms with Crippen molar-refractivity contribution in [2.45, 2.75) is 270 Å². The number of rotatable bonds is 0. The summed E-state index contributed by atoms with van der Waals surface area (Å²) >= 11 is 0. The van der Waals surface area contributed by atoms with Gasteiger partial charge in [0.15, 0.2) is 0 Å². The average molecular weight is 1190 g/mol. The highest BCUT2D eigenvalue weighted by Gasteiger charge is 2.65. The summed E-state index contributed by atoms with van der Waals surface area (Å²) in [4.78, 5) is 0. The standard InChI is InChI=1S/C46H60O4Si.C31H48O2Si/c1-27-17-31-25-32-18-28(2)22-36(44(8,9)10)40(32)48-51(47-39(31)35(21-27)43(5,6)7)49-41-33(19-29(3)23-37(41)45(11,12)13)26-34-20-30(4)24-38(42(34)50-51)46(14,15)16;1-20-15-22-19-23-16-21(2)18-25(29(6,7)8)27(23)33-34(30(9,10)11,31(12,13)14)32-26(22)24(17-20)28(3,4)5/h17-24H,25-26H2,1-16H3;15-18H,19H2,1-14H3. The highest BCUT2D eigenvalue weighted by atomic mass is 28.4. The van der Waals surface area contributed by atoms with Gasteiger partial charge in [0.25, 0.3) is 0 Å². The summed E-state index contributed by atoms with van der Waals surface area (Å²) < 4.78 is 45.1. The molecule has 3 heterocycles. The van der Waals surface area contributed by atoms with E-state index in [9.17, 15) is 0 Å². The van der Waals surface area contributed by atoms with E-state index in [4.69, 9.17) is 26.6 Å². The molecule has 6 aromatic rings. The molecule has 8 heteroatoms. The quantitative estimate of drug-likeness (QED) is 0.141. The first-order valence-corrected chi connectivity index (χ1v) is 34.9. The third-order valence-corrected chi connectivity index (χ3v) is 24.0. The third-order valence-electron chi connectivity index (χ3n) is 17.2. The van der Waals surface area contributed by atoms with Crippen LogP contribution in [0.1, 0.15) is 266 Å². The van der Waals surface area contributed by atoms with E-state index in [1.54, 1.807) is 0 Å². The fourth-order valence-electron chi connectivity index (χ4n) is 13.2. The van der Waals surface area contributed by atoms with Crippen molar-refractivity contribution in [1.82, 2.24) is 0 Å². The Hall–Kier alpha value is -5.45. The maximum absolute atomic E-state index is 7.55. The van der Waals surface area contributed by atoms with E-state index in [2.05, 4.69) is 281 Å². The van der Waals surface area contributed by atoms with Crippen LogP contribution in [0, 0.1) is 41.5 Å². The maximum atomic E-state index is 7.55. The number of aryl methyl sites for hydroxylation is 6. The second-order valence-corrected chi connectivity index (χ2v) is 40.5. The van der Waals surface area contributed by atoms with Gasteiger partial charge in [0.05, 0.1) is 0 Å². The first-order chi connectivity index (χ1) is 38.5. The van der Waals surface area contributed by atoms with Crippen molar-refractivity contribution in [3.05, 3.63) is 173 Å². The van der Waals surface area contributed by atoms with E-state index in [1.165, 1.54) is 55.6 Å². The Balaban J connectivity index is 0.000000241. The van der Waals surface area contributed by atoms with Crippen molar-refractivity contribution in [2.75, 3.05) is 0 Å². The van der Waals surface area contributed by atoms with E-state index in [0.29, 0.717) is 12.8 Å². The lowest BCUT2D eigenvalue weighted by molar-refractivity contribution is 0.150. The molecule has 6 aromatic carbocycles. The molecule has 0 N–H and O–H groups in total. The Kier molecular flexibility index (Phi) is 16.7. The minimum absolute atomic E-state index is 0.0305. The minimum atomic E-state index is -4.25. The summed E-state index contributed by atoms with van der Waals surface area (Å²) in [5.74, 6) is 5.34. The van der Waals surface area contributed by atoms with Gasteiger partial charge in [0.1, 0.15) is 34.5 Å². The summed E-state index contributed by atoms with van der Waals surface area (Å²) in [6, 6.07) is 27.5. The second-order valence-electron chi connectivity index (χ2n) is 34.1. The van der Waals surface area contributed by atoms with Crippen LogP contribution in [-0.2, 0) is 51.8 Å². The van der Waals surface area contributed by atoms with Crippen LogP contribution in [0.5, 0.6) is 34.5 Å². The highest BCUT2D eigenvalue weighted by Crippen LogP contribution is 2.57. The van der Waals surface area contributed by atoms with Gasteiger partial charge in [0, 0.05) is 29.3 Å². The molecule has 0 unspecified atom stereocenters. The van der Waals surface area contributed by atoms with Crippen LogP contribution in [0.3, 0.4) is 0 Å². The van der Waals surface area contributed by atoms with Crippen LogP contribution in [0.15, 0.2) is 72.8 Å². The van der Waals surface area contributed by atoms with Crippen molar-refractivity contribution in [3.63, 3.8) is 0 Å². The number of fused-ring (bicyclic) bond motifs is 6. The first-order valence-electron chi connectivity index (χ1n) is 31.5. The maximum Gasteiger partial charge on any atom is 0.966 e. The van der Waals surface area contributed by atoms with Crippen LogP contribution in [0.25, 0.3) is 0 Å². The SMILES string of the molecule is Cc1cc2c(c(C(C)(C)C)c1)O[Si](C(C)(C)C)(C(C)(C)C)Oc1c(cc(C)cc1C(C)(C)C)C2.Cc1cc2c(c(C(C)(C)C)c1)O[Si]1(Oc3c(cc(C)cc3C(C)(C)C)C2)Oc2c(cc(C)cc2C(C)(C)C)Cc2cc(C)cc(C(C)(C)C)c2O1. The first kappa shape index (κ1) is 65.5. The largest absolute Gasteiger partial charge is 0.966 e. The lowest BCUT2D eigenvalue weighted by Crippen LogP contribution is -2.63. The Morgan fingerprint density at radius 1 is 0.235 bits per heavy atom. The van der Waals surface area contributed by atoms with Gasteiger partial charge in [0.2, 0.25) is 0 Å². The molecule has 0 amide bonds. The van der Waals surface area contributed by atoms with Gasteiger partial charge in [-0.25, -0.2) is 0 Å². The van der Waals surface area contributed by atoms with Crippen molar-refractivity contribution in [3.8, 4) is 34.5 Å². The molecule has 0 fully saturated rings. The predicted molar refractivity (Wildman–Crippen MR) is 362 cm³/mol. The summed E-state index contributed by atoms with van der Waals surface area (Å²) in [6.07, 6.45) is 2.17. The molecule has 85 heavy (non-hydrogen) atoms. The summed E-state index contributed by atoms with van der Waals surface area (Å²) in [5.41, 5.74) is 20.6. The van der Waals surface area contributed by atoms with E-state index >= 15 is 0 Å². The molecule has 3 aliphatic heterocycles. The lowest BCUT2D eigenvalue weighted by Gasteiger charge is -2.50. The van der Waals surface area contributed by atoms with Crippen LogP contribution in [0.4, 0.5) is 0 Å². The van der Waals surface area contributed by atoms with E-state index in [-0.39, 0.29) is 42.6 Å². The average Bonchev–Trinajstić information content (AvgIpc) is 0.837. The second kappa shape index (κ2) is 21.7. The molecule has 0 saturated heterocycles.